The first-order valence-corrected chi connectivity index (χ1v) is 5.27. The van der Waals surface area contributed by atoms with Gasteiger partial charge in [0, 0.05) is 6.42 Å². The van der Waals surface area contributed by atoms with E-state index in [1.807, 2.05) is 0 Å². The van der Waals surface area contributed by atoms with Crippen LogP contribution in [0.2, 0.25) is 0 Å². The third kappa shape index (κ3) is 2.18. The van der Waals surface area contributed by atoms with Gasteiger partial charge in [-0.25, -0.2) is 8.78 Å². The minimum Gasteiger partial charge on any atom is -0.296 e. The monoisotopic (exact) mass is 239 g/mol. The lowest BCUT2D eigenvalue weighted by Crippen LogP contribution is -2.24. The SMILES string of the molecule is CC(c1cc(F)ccc1F)C1CC(=O)NC1=O. The van der Waals surface area contributed by atoms with Crippen molar-refractivity contribution in [2.24, 2.45) is 5.92 Å². The number of hydrogen-bond donors (Lipinski definition) is 1. The maximum atomic E-state index is 13.5. The number of rotatable bonds is 2. The Morgan fingerprint density at radius 2 is 2.06 bits per heavy atom. The molecule has 1 aromatic carbocycles. The molecule has 1 saturated heterocycles. The van der Waals surface area contributed by atoms with Crippen LogP contribution < -0.4 is 5.32 Å². The predicted octanol–water partition coefficient (Wildman–Crippen LogP) is 1.73. The summed E-state index contributed by atoms with van der Waals surface area (Å²) in [6.07, 6.45) is 0.0238. The van der Waals surface area contributed by atoms with Crippen molar-refractivity contribution < 1.29 is 18.4 Å². The second-order valence-corrected chi connectivity index (χ2v) is 4.18. The summed E-state index contributed by atoms with van der Waals surface area (Å²) in [5, 5.41) is 2.16. The van der Waals surface area contributed by atoms with Crippen molar-refractivity contribution in [3.05, 3.63) is 35.4 Å². The molecule has 90 valence electrons. The highest BCUT2D eigenvalue weighted by atomic mass is 19.1. The summed E-state index contributed by atoms with van der Waals surface area (Å²) in [5.74, 6) is -3.07. The Bertz CT molecular complexity index is 487. The quantitative estimate of drug-likeness (QED) is 0.799. The van der Waals surface area contributed by atoms with Crippen LogP contribution in [0.15, 0.2) is 18.2 Å². The van der Waals surface area contributed by atoms with Crippen LogP contribution in [-0.4, -0.2) is 11.8 Å². The molecule has 0 bridgehead atoms. The van der Waals surface area contributed by atoms with Gasteiger partial charge in [0.2, 0.25) is 11.8 Å². The molecular formula is C12H11F2NO2. The minimum absolute atomic E-state index is 0.0238. The molecule has 1 aliphatic rings. The Hall–Kier alpha value is -1.78. The van der Waals surface area contributed by atoms with Gasteiger partial charge in [-0.2, -0.15) is 0 Å². The molecule has 2 rings (SSSR count). The fourth-order valence-electron chi connectivity index (χ4n) is 2.06. The molecule has 1 N–H and O–H groups in total. The summed E-state index contributed by atoms with van der Waals surface area (Å²) in [4.78, 5) is 22.5. The van der Waals surface area contributed by atoms with Gasteiger partial charge in [0.25, 0.3) is 0 Å². The molecule has 0 aliphatic carbocycles. The zero-order valence-corrected chi connectivity index (χ0v) is 9.17. The van der Waals surface area contributed by atoms with Crippen LogP contribution in [0.25, 0.3) is 0 Å². The fraction of sp³-hybridized carbons (Fsp3) is 0.333. The van der Waals surface area contributed by atoms with Gasteiger partial charge in [0.1, 0.15) is 11.6 Å². The van der Waals surface area contributed by atoms with E-state index in [1.165, 1.54) is 0 Å². The van der Waals surface area contributed by atoms with Gasteiger partial charge >= 0.3 is 0 Å². The Morgan fingerprint density at radius 3 is 2.65 bits per heavy atom. The first kappa shape index (κ1) is 11.7. The molecule has 1 fully saturated rings. The summed E-state index contributed by atoms with van der Waals surface area (Å²) in [6.45, 7) is 1.61. The van der Waals surface area contributed by atoms with Gasteiger partial charge in [-0.3, -0.25) is 14.9 Å². The zero-order chi connectivity index (χ0) is 12.6. The number of amides is 2. The molecule has 3 nitrogen and oxygen atoms in total. The molecule has 1 heterocycles. The fourth-order valence-corrected chi connectivity index (χ4v) is 2.06. The largest absolute Gasteiger partial charge is 0.296 e. The van der Waals surface area contributed by atoms with E-state index in [2.05, 4.69) is 5.32 Å². The molecule has 2 atom stereocenters. The Morgan fingerprint density at radius 1 is 1.35 bits per heavy atom. The highest BCUT2D eigenvalue weighted by Gasteiger charge is 2.36. The minimum atomic E-state index is -0.626. The van der Waals surface area contributed by atoms with Gasteiger partial charge in [0.15, 0.2) is 0 Å². The molecule has 1 aliphatic heterocycles. The molecule has 1 aromatic rings. The maximum Gasteiger partial charge on any atom is 0.230 e. The van der Waals surface area contributed by atoms with Crippen LogP contribution in [0.4, 0.5) is 8.78 Å². The van der Waals surface area contributed by atoms with Crippen LogP contribution >= 0.6 is 0 Å². The van der Waals surface area contributed by atoms with E-state index in [1.54, 1.807) is 6.92 Å². The summed E-state index contributed by atoms with van der Waals surface area (Å²) < 4.78 is 26.5. The van der Waals surface area contributed by atoms with E-state index in [0.29, 0.717) is 0 Å². The van der Waals surface area contributed by atoms with Gasteiger partial charge < -0.3 is 0 Å². The standard InChI is InChI=1S/C12H11F2NO2/c1-6(9-5-11(16)15-12(9)17)8-4-7(13)2-3-10(8)14/h2-4,6,9H,5H2,1H3,(H,15,16,17). The second-order valence-electron chi connectivity index (χ2n) is 4.18. The third-order valence-corrected chi connectivity index (χ3v) is 3.06. The van der Waals surface area contributed by atoms with E-state index >= 15 is 0 Å². The summed E-state index contributed by atoms with van der Waals surface area (Å²) in [7, 11) is 0. The smallest absolute Gasteiger partial charge is 0.230 e. The lowest BCUT2D eigenvalue weighted by molar-refractivity contribution is -0.126. The molecule has 2 unspecified atom stereocenters. The number of imide groups is 1. The van der Waals surface area contributed by atoms with Crippen molar-refractivity contribution in [3.63, 3.8) is 0 Å². The van der Waals surface area contributed by atoms with Crippen molar-refractivity contribution >= 4 is 11.8 Å². The number of hydrogen-bond acceptors (Lipinski definition) is 2. The highest BCUT2D eigenvalue weighted by molar-refractivity contribution is 6.03. The molecule has 0 saturated carbocycles. The zero-order valence-electron chi connectivity index (χ0n) is 9.17. The average Bonchev–Trinajstić information content (AvgIpc) is 2.60. The number of carbonyl (C=O) groups excluding carboxylic acids is 2. The van der Waals surface area contributed by atoms with E-state index in [0.717, 1.165) is 18.2 Å². The lowest BCUT2D eigenvalue weighted by Gasteiger charge is -2.17. The van der Waals surface area contributed by atoms with E-state index < -0.39 is 29.4 Å². The molecular weight excluding hydrogens is 228 g/mol. The number of halogens is 2. The third-order valence-electron chi connectivity index (χ3n) is 3.06. The first-order chi connectivity index (χ1) is 7.99. The van der Waals surface area contributed by atoms with Crippen molar-refractivity contribution in [1.82, 2.24) is 5.32 Å². The Balaban J connectivity index is 2.30. The van der Waals surface area contributed by atoms with Crippen molar-refractivity contribution in [2.75, 3.05) is 0 Å². The first-order valence-electron chi connectivity index (χ1n) is 5.27. The van der Waals surface area contributed by atoms with Gasteiger partial charge in [-0.1, -0.05) is 6.92 Å². The maximum absolute atomic E-state index is 13.5. The van der Waals surface area contributed by atoms with Crippen molar-refractivity contribution in [3.8, 4) is 0 Å². The molecule has 5 heteroatoms. The van der Waals surface area contributed by atoms with Crippen LogP contribution in [-0.2, 0) is 9.59 Å². The van der Waals surface area contributed by atoms with Crippen molar-refractivity contribution in [2.45, 2.75) is 19.3 Å². The molecule has 2 amide bonds. The lowest BCUT2D eigenvalue weighted by atomic mass is 9.86. The number of nitrogens with one attached hydrogen (secondary N) is 1. The summed E-state index contributed by atoms with van der Waals surface area (Å²) >= 11 is 0. The van der Waals surface area contributed by atoms with Crippen LogP contribution in [0.1, 0.15) is 24.8 Å². The van der Waals surface area contributed by atoms with E-state index in [4.69, 9.17) is 0 Å². The van der Waals surface area contributed by atoms with Crippen molar-refractivity contribution in [1.29, 1.82) is 0 Å². The van der Waals surface area contributed by atoms with Gasteiger partial charge in [-0.05, 0) is 29.7 Å². The van der Waals surface area contributed by atoms with Crippen LogP contribution in [0.3, 0.4) is 0 Å². The van der Waals surface area contributed by atoms with Gasteiger partial charge in [0.05, 0.1) is 5.92 Å². The molecule has 0 radical (unpaired) electrons. The Labute approximate surface area is 96.8 Å². The second kappa shape index (κ2) is 4.24. The van der Waals surface area contributed by atoms with E-state index in [9.17, 15) is 18.4 Å². The number of benzene rings is 1. The van der Waals surface area contributed by atoms with Crippen LogP contribution in [0, 0.1) is 17.6 Å². The molecule has 0 aromatic heterocycles. The predicted molar refractivity (Wildman–Crippen MR) is 56.0 cm³/mol. The topological polar surface area (TPSA) is 46.2 Å². The van der Waals surface area contributed by atoms with Gasteiger partial charge in [-0.15, -0.1) is 0 Å². The molecule has 0 spiro atoms. The highest BCUT2D eigenvalue weighted by Crippen LogP contribution is 2.31. The molecule has 17 heavy (non-hydrogen) atoms. The summed E-state index contributed by atoms with van der Waals surface area (Å²) in [5.41, 5.74) is 0.125. The van der Waals surface area contributed by atoms with E-state index in [-0.39, 0.29) is 17.9 Å². The average molecular weight is 239 g/mol. The number of carbonyl (C=O) groups is 2. The van der Waals surface area contributed by atoms with Crippen LogP contribution in [0.5, 0.6) is 0 Å². The Kier molecular flexibility index (Phi) is 2.92. The summed E-state index contributed by atoms with van der Waals surface area (Å²) in [6, 6.07) is 3.11. The normalized spacial score (nSPS) is 21.5.